The Balaban J connectivity index is 1.99. The number of fused-ring (bicyclic) bond motifs is 1. The molecule has 1 N–H and O–H groups in total. The number of nitrogens with zero attached hydrogens (tertiary/aromatic N) is 2. The van der Waals surface area contributed by atoms with Gasteiger partial charge in [0.2, 0.25) is 0 Å². The van der Waals surface area contributed by atoms with Crippen molar-refractivity contribution >= 4 is 23.2 Å². The Morgan fingerprint density at radius 1 is 1.59 bits per heavy atom. The number of carbonyl (C=O) groups is 2. The van der Waals surface area contributed by atoms with Crippen molar-refractivity contribution < 1.29 is 9.59 Å². The minimum atomic E-state index is -0.703. The number of nitriles is 1. The molecule has 2 heterocycles. The van der Waals surface area contributed by atoms with Crippen LogP contribution >= 0.6 is 11.3 Å². The molecule has 0 radical (unpaired) electrons. The molecule has 0 unspecified atom stereocenters. The van der Waals surface area contributed by atoms with Gasteiger partial charge >= 0.3 is 11.8 Å². The van der Waals surface area contributed by atoms with Crippen LogP contribution in [-0.2, 0) is 22.6 Å². The molecule has 0 saturated heterocycles. The number of carbonyl (C=O) groups excluding carboxylic acids is 2. The summed E-state index contributed by atoms with van der Waals surface area (Å²) in [4.78, 5) is 25.9. The van der Waals surface area contributed by atoms with Crippen LogP contribution in [-0.4, -0.2) is 29.8 Å². The first-order valence-electron chi connectivity index (χ1n) is 5.21. The Hall–Kier alpha value is -1.87. The van der Waals surface area contributed by atoms with Crippen LogP contribution in [0.1, 0.15) is 10.4 Å². The largest absolute Gasteiger partial charge is 0.335 e. The molecule has 88 valence electrons. The van der Waals surface area contributed by atoms with Crippen LogP contribution in [0.3, 0.4) is 0 Å². The highest BCUT2D eigenvalue weighted by Gasteiger charge is 2.25. The quantitative estimate of drug-likeness (QED) is 0.573. The van der Waals surface area contributed by atoms with Gasteiger partial charge in [-0.3, -0.25) is 9.59 Å². The summed E-state index contributed by atoms with van der Waals surface area (Å²) in [5, 5.41) is 12.6. The van der Waals surface area contributed by atoms with E-state index < -0.39 is 11.8 Å². The highest BCUT2D eigenvalue weighted by Crippen LogP contribution is 2.23. The van der Waals surface area contributed by atoms with E-state index in [0.29, 0.717) is 13.1 Å². The Morgan fingerprint density at radius 2 is 2.41 bits per heavy atom. The van der Waals surface area contributed by atoms with Crippen molar-refractivity contribution in [2.45, 2.75) is 13.0 Å². The third kappa shape index (κ3) is 2.45. The average molecular weight is 249 g/mol. The molecule has 17 heavy (non-hydrogen) atoms. The highest BCUT2D eigenvalue weighted by atomic mass is 32.1. The van der Waals surface area contributed by atoms with Gasteiger partial charge in [0.1, 0.15) is 6.54 Å². The molecule has 0 aromatic carbocycles. The second-order valence-electron chi connectivity index (χ2n) is 3.69. The van der Waals surface area contributed by atoms with E-state index in [1.54, 1.807) is 17.4 Å². The molecule has 0 atom stereocenters. The maximum absolute atomic E-state index is 11.7. The molecule has 5 nitrogen and oxygen atoms in total. The Labute approximate surface area is 103 Å². The van der Waals surface area contributed by atoms with Crippen molar-refractivity contribution in [3.05, 3.63) is 21.9 Å². The summed E-state index contributed by atoms with van der Waals surface area (Å²) in [6, 6.07) is 3.75. The summed E-state index contributed by atoms with van der Waals surface area (Å²) in [5.74, 6) is -1.26. The molecule has 0 bridgehead atoms. The monoisotopic (exact) mass is 249 g/mol. The van der Waals surface area contributed by atoms with Gasteiger partial charge in [-0.1, -0.05) is 0 Å². The summed E-state index contributed by atoms with van der Waals surface area (Å²) in [5.41, 5.74) is 1.11. The summed E-state index contributed by atoms with van der Waals surface area (Å²) in [6.45, 7) is 0.909. The third-order valence-corrected chi connectivity index (χ3v) is 3.64. The summed E-state index contributed by atoms with van der Waals surface area (Å²) in [6.07, 6.45) is 0.796. The molecule has 0 aliphatic carbocycles. The van der Waals surface area contributed by atoms with E-state index in [2.05, 4.69) is 5.32 Å². The molecule has 1 aliphatic heterocycles. The van der Waals surface area contributed by atoms with E-state index in [0.717, 1.165) is 12.0 Å². The number of rotatable bonds is 1. The first-order valence-corrected chi connectivity index (χ1v) is 6.09. The molecule has 0 fully saturated rings. The van der Waals surface area contributed by atoms with Gasteiger partial charge < -0.3 is 10.2 Å². The molecule has 0 spiro atoms. The first-order chi connectivity index (χ1) is 8.22. The molecular weight excluding hydrogens is 238 g/mol. The Morgan fingerprint density at radius 3 is 3.18 bits per heavy atom. The lowest BCUT2D eigenvalue weighted by atomic mass is 10.1. The summed E-state index contributed by atoms with van der Waals surface area (Å²) < 4.78 is 0. The predicted octanol–water partition coefficient (Wildman–Crippen LogP) is 0.273. The lowest BCUT2D eigenvalue weighted by Gasteiger charge is -2.26. The number of amides is 2. The zero-order chi connectivity index (χ0) is 12.3. The van der Waals surface area contributed by atoms with Crippen LogP contribution in [0.5, 0.6) is 0 Å². The second kappa shape index (κ2) is 4.97. The van der Waals surface area contributed by atoms with Crippen molar-refractivity contribution in [2.75, 3.05) is 13.1 Å². The fraction of sp³-hybridized carbons (Fsp3) is 0.364. The lowest BCUT2D eigenvalue weighted by molar-refractivity contribution is -0.146. The van der Waals surface area contributed by atoms with Crippen LogP contribution in [0.2, 0.25) is 0 Å². The van der Waals surface area contributed by atoms with Crippen LogP contribution in [0.25, 0.3) is 0 Å². The molecule has 6 heteroatoms. The van der Waals surface area contributed by atoms with Crippen molar-refractivity contribution in [3.8, 4) is 6.07 Å². The van der Waals surface area contributed by atoms with Gasteiger partial charge in [-0.25, -0.2) is 0 Å². The van der Waals surface area contributed by atoms with Gasteiger partial charge in [0.25, 0.3) is 0 Å². The van der Waals surface area contributed by atoms with Crippen molar-refractivity contribution in [2.24, 2.45) is 0 Å². The van der Waals surface area contributed by atoms with E-state index in [1.165, 1.54) is 9.78 Å². The Kier molecular flexibility index (Phi) is 3.40. The van der Waals surface area contributed by atoms with E-state index >= 15 is 0 Å². The van der Waals surface area contributed by atoms with Crippen molar-refractivity contribution in [1.29, 1.82) is 5.26 Å². The standard InChI is InChI=1S/C11H11N3O2S/c12-3-4-13-10(15)11(16)14-5-1-9-8(7-14)2-6-17-9/h2,6H,1,4-5,7H2,(H,13,15). The zero-order valence-corrected chi connectivity index (χ0v) is 9.92. The van der Waals surface area contributed by atoms with E-state index in [4.69, 9.17) is 5.26 Å². The molecule has 2 rings (SSSR count). The van der Waals surface area contributed by atoms with Gasteiger partial charge in [0, 0.05) is 18.0 Å². The van der Waals surface area contributed by atoms with Gasteiger partial charge in [-0.2, -0.15) is 5.26 Å². The topological polar surface area (TPSA) is 73.2 Å². The van der Waals surface area contributed by atoms with E-state index in [-0.39, 0.29) is 6.54 Å². The van der Waals surface area contributed by atoms with E-state index in [9.17, 15) is 9.59 Å². The second-order valence-corrected chi connectivity index (χ2v) is 4.69. The molecule has 2 amide bonds. The van der Waals surface area contributed by atoms with Crippen LogP contribution < -0.4 is 5.32 Å². The number of thiophene rings is 1. The van der Waals surface area contributed by atoms with Crippen LogP contribution in [0.4, 0.5) is 0 Å². The maximum Gasteiger partial charge on any atom is 0.312 e. The van der Waals surface area contributed by atoms with Crippen LogP contribution in [0.15, 0.2) is 11.4 Å². The van der Waals surface area contributed by atoms with Gasteiger partial charge in [-0.05, 0) is 23.4 Å². The third-order valence-electron chi connectivity index (χ3n) is 2.62. The minimum absolute atomic E-state index is 0.137. The Bertz CT molecular complexity index is 489. The molecule has 1 aliphatic rings. The predicted molar refractivity (Wildman–Crippen MR) is 62.1 cm³/mol. The fourth-order valence-corrected chi connectivity index (χ4v) is 2.65. The van der Waals surface area contributed by atoms with Gasteiger partial charge in [-0.15, -0.1) is 11.3 Å². The zero-order valence-electron chi connectivity index (χ0n) is 9.10. The molecule has 1 aromatic rings. The number of hydrogen-bond donors (Lipinski definition) is 1. The normalized spacial score (nSPS) is 13.7. The van der Waals surface area contributed by atoms with Crippen LogP contribution in [0, 0.1) is 11.3 Å². The van der Waals surface area contributed by atoms with Gasteiger partial charge in [0.15, 0.2) is 0 Å². The lowest BCUT2D eigenvalue weighted by Crippen LogP contribution is -2.44. The molecular formula is C11H11N3O2S. The number of hydrogen-bond acceptors (Lipinski definition) is 4. The van der Waals surface area contributed by atoms with Gasteiger partial charge in [0.05, 0.1) is 6.07 Å². The highest BCUT2D eigenvalue weighted by molar-refractivity contribution is 7.10. The van der Waals surface area contributed by atoms with Crippen molar-refractivity contribution in [3.63, 3.8) is 0 Å². The maximum atomic E-state index is 11.7. The fourth-order valence-electron chi connectivity index (χ4n) is 1.76. The van der Waals surface area contributed by atoms with Crippen molar-refractivity contribution in [1.82, 2.24) is 10.2 Å². The van der Waals surface area contributed by atoms with E-state index in [1.807, 2.05) is 11.4 Å². The summed E-state index contributed by atoms with van der Waals surface area (Å²) in [7, 11) is 0. The smallest absolute Gasteiger partial charge is 0.312 e. The molecule has 1 aromatic heterocycles. The molecule has 0 saturated carbocycles. The minimum Gasteiger partial charge on any atom is -0.335 e. The first kappa shape index (κ1) is 11.6. The SMILES string of the molecule is N#CCNC(=O)C(=O)N1CCc2sccc2C1. The average Bonchev–Trinajstić information content (AvgIpc) is 2.81. The number of nitrogens with one attached hydrogen (secondary N) is 1. The summed E-state index contributed by atoms with van der Waals surface area (Å²) >= 11 is 1.68.